The van der Waals surface area contributed by atoms with Gasteiger partial charge in [-0.3, -0.25) is 4.68 Å². The fourth-order valence-electron chi connectivity index (χ4n) is 1.96. The zero-order valence-corrected chi connectivity index (χ0v) is 13.0. The van der Waals surface area contributed by atoms with E-state index in [0.29, 0.717) is 17.3 Å². The Hall–Kier alpha value is -2.08. The average Bonchev–Trinajstić information content (AvgIpc) is 2.86. The molecular weight excluding hydrogens is 354 g/mol. The Balaban J connectivity index is 2.42. The van der Waals surface area contributed by atoms with Crippen LogP contribution in [-0.2, 0) is 13.2 Å². The van der Waals surface area contributed by atoms with Crippen LogP contribution in [0.3, 0.4) is 0 Å². The van der Waals surface area contributed by atoms with Crippen LogP contribution in [0.2, 0.25) is 0 Å². The average molecular weight is 364 g/mol. The second-order valence-electron chi connectivity index (χ2n) is 4.80. The van der Waals surface area contributed by atoms with E-state index in [4.69, 9.17) is 6.42 Å². The second kappa shape index (κ2) is 6.43. The molecule has 2 nitrogen and oxygen atoms in total. The quantitative estimate of drug-likeness (QED) is 0.445. The van der Waals surface area contributed by atoms with Gasteiger partial charge in [0.2, 0.25) is 0 Å². The number of benzene rings is 1. The molecule has 9 heteroatoms. The van der Waals surface area contributed by atoms with Gasteiger partial charge in [0, 0.05) is 23.1 Å². The molecule has 0 saturated heterocycles. The van der Waals surface area contributed by atoms with Crippen molar-refractivity contribution < 1.29 is 26.3 Å². The molecule has 0 radical (unpaired) electrons. The number of halogens is 6. The van der Waals surface area contributed by atoms with Crippen LogP contribution in [0.4, 0.5) is 26.3 Å². The highest BCUT2D eigenvalue weighted by molar-refractivity contribution is 7.99. The van der Waals surface area contributed by atoms with Gasteiger partial charge in [-0.15, -0.1) is 18.2 Å². The van der Waals surface area contributed by atoms with E-state index >= 15 is 0 Å². The van der Waals surface area contributed by atoms with Crippen LogP contribution >= 0.6 is 11.8 Å². The van der Waals surface area contributed by atoms with Gasteiger partial charge in [-0.2, -0.15) is 31.4 Å². The van der Waals surface area contributed by atoms with Crippen molar-refractivity contribution in [2.24, 2.45) is 7.05 Å². The molecule has 0 bridgehead atoms. The van der Waals surface area contributed by atoms with Crippen molar-refractivity contribution in [1.29, 1.82) is 0 Å². The van der Waals surface area contributed by atoms with E-state index in [0.717, 1.165) is 10.7 Å². The lowest BCUT2D eigenvalue weighted by molar-refractivity contribution is -0.141. The van der Waals surface area contributed by atoms with Gasteiger partial charge in [0.05, 0.1) is 11.4 Å². The van der Waals surface area contributed by atoms with E-state index in [1.807, 2.05) is 0 Å². The minimum atomic E-state index is -4.61. The van der Waals surface area contributed by atoms with Crippen LogP contribution in [0, 0.1) is 12.3 Å². The number of hydrogen-bond donors (Lipinski definition) is 0. The first-order valence-electron chi connectivity index (χ1n) is 6.43. The van der Waals surface area contributed by atoms with Crippen LogP contribution in [0.15, 0.2) is 29.2 Å². The van der Waals surface area contributed by atoms with Crippen molar-refractivity contribution in [1.82, 2.24) is 9.78 Å². The van der Waals surface area contributed by atoms with E-state index in [9.17, 15) is 26.3 Å². The molecule has 1 heterocycles. The number of terminal acetylenes is 1. The number of aryl methyl sites for hydroxylation is 1. The van der Waals surface area contributed by atoms with Crippen LogP contribution in [0.5, 0.6) is 0 Å². The summed E-state index contributed by atoms with van der Waals surface area (Å²) in [5.74, 6) is 1.12. The summed E-state index contributed by atoms with van der Waals surface area (Å²) in [6.07, 6.45) is -3.74. The highest BCUT2D eigenvalue weighted by Gasteiger charge is 2.34. The maximum atomic E-state index is 12.7. The van der Waals surface area contributed by atoms with Crippen LogP contribution in [-0.4, -0.2) is 21.7 Å². The normalized spacial score (nSPS) is 12.2. The van der Waals surface area contributed by atoms with Crippen molar-refractivity contribution in [3.63, 3.8) is 0 Å². The van der Waals surface area contributed by atoms with Gasteiger partial charge in [-0.05, 0) is 18.2 Å². The lowest BCUT2D eigenvalue weighted by Gasteiger charge is -2.10. The van der Waals surface area contributed by atoms with Gasteiger partial charge in [-0.25, -0.2) is 0 Å². The highest BCUT2D eigenvalue weighted by atomic mass is 32.2. The smallest absolute Gasteiger partial charge is 0.267 e. The summed E-state index contributed by atoms with van der Waals surface area (Å²) in [6.45, 7) is 0. The molecule has 24 heavy (non-hydrogen) atoms. The van der Waals surface area contributed by atoms with Crippen LogP contribution in [0.1, 0.15) is 11.3 Å². The van der Waals surface area contributed by atoms with Crippen LogP contribution < -0.4 is 0 Å². The fraction of sp³-hybridized carbons (Fsp3) is 0.267. The molecule has 128 valence electrons. The minimum Gasteiger partial charge on any atom is -0.267 e. The number of aromatic nitrogens is 2. The van der Waals surface area contributed by atoms with E-state index in [2.05, 4.69) is 11.0 Å². The Kier molecular flexibility index (Phi) is 4.90. The summed E-state index contributed by atoms with van der Waals surface area (Å²) >= 11 is 0.486. The Labute approximate surface area is 137 Å². The molecule has 0 aliphatic heterocycles. The van der Waals surface area contributed by atoms with Crippen molar-refractivity contribution in [3.05, 3.63) is 35.5 Å². The third-order valence-electron chi connectivity index (χ3n) is 2.99. The molecule has 0 aliphatic rings. The van der Waals surface area contributed by atoms with Crippen molar-refractivity contribution >= 4 is 11.8 Å². The van der Waals surface area contributed by atoms with E-state index in [-0.39, 0.29) is 16.2 Å². The van der Waals surface area contributed by atoms with Gasteiger partial charge in [0.25, 0.3) is 0 Å². The number of nitrogens with zero attached hydrogens (tertiary/aromatic N) is 2. The molecule has 2 aromatic rings. The third kappa shape index (κ3) is 4.26. The molecule has 0 N–H and O–H groups in total. The van der Waals surface area contributed by atoms with Crippen molar-refractivity contribution in [2.45, 2.75) is 17.2 Å². The van der Waals surface area contributed by atoms with E-state index < -0.39 is 23.8 Å². The predicted octanol–water partition coefficient (Wildman–Crippen LogP) is 4.74. The number of hydrogen-bond acceptors (Lipinski definition) is 2. The Morgan fingerprint density at radius 1 is 1.17 bits per heavy atom. The van der Waals surface area contributed by atoms with Crippen molar-refractivity contribution in [2.75, 3.05) is 5.75 Å². The highest BCUT2D eigenvalue weighted by Crippen LogP contribution is 2.35. The van der Waals surface area contributed by atoms with Crippen molar-refractivity contribution in [3.8, 4) is 23.6 Å². The molecular formula is C15H10F6N2S. The second-order valence-corrected chi connectivity index (χ2v) is 5.81. The molecule has 1 aromatic carbocycles. The SMILES string of the molecule is C#Cc1ccc(-c2cc(C(F)(F)F)nn2C)cc1SCC(F)(F)F. The fourth-order valence-corrected chi connectivity index (χ4v) is 2.77. The monoisotopic (exact) mass is 364 g/mol. The van der Waals surface area contributed by atoms with E-state index in [1.165, 1.54) is 25.2 Å². The topological polar surface area (TPSA) is 17.8 Å². The number of alkyl halides is 6. The van der Waals surface area contributed by atoms with Gasteiger partial charge < -0.3 is 0 Å². The third-order valence-corrected chi connectivity index (χ3v) is 4.11. The predicted molar refractivity (Wildman–Crippen MR) is 78.4 cm³/mol. The molecule has 0 unspecified atom stereocenters. The van der Waals surface area contributed by atoms with Gasteiger partial charge in [0.1, 0.15) is 0 Å². The Morgan fingerprint density at radius 3 is 2.33 bits per heavy atom. The molecule has 0 fully saturated rings. The zero-order valence-electron chi connectivity index (χ0n) is 12.2. The van der Waals surface area contributed by atoms with Crippen LogP contribution in [0.25, 0.3) is 11.3 Å². The summed E-state index contributed by atoms with van der Waals surface area (Å²) in [5.41, 5.74) is -0.416. The van der Waals surface area contributed by atoms with Gasteiger partial charge in [-0.1, -0.05) is 12.0 Å². The summed E-state index contributed by atoms with van der Waals surface area (Å²) < 4.78 is 76.3. The summed E-state index contributed by atoms with van der Waals surface area (Å²) in [5, 5.41) is 3.38. The molecule has 0 spiro atoms. The van der Waals surface area contributed by atoms with Gasteiger partial charge >= 0.3 is 12.4 Å². The minimum absolute atomic E-state index is 0.125. The molecule has 2 rings (SSSR count). The molecule has 0 aliphatic carbocycles. The Morgan fingerprint density at radius 2 is 1.83 bits per heavy atom. The lowest BCUT2D eigenvalue weighted by Crippen LogP contribution is -2.10. The largest absolute Gasteiger partial charge is 0.435 e. The maximum Gasteiger partial charge on any atom is 0.435 e. The lowest BCUT2D eigenvalue weighted by atomic mass is 10.1. The maximum absolute atomic E-state index is 12.7. The summed E-state index contributed by atoms with van der Waals surface area (Å²) in [7, 11) is 1.32. The standard InChI is InChI=1S/C15H10F6N2S/c1-3-9-4-5-10(6-12(9)24-8-14(16,17)18)11-7-13(15(19,20)21)22-23(11)2/h1,4-7H,8H2,2H3. The summed E-state index contributed by atoms with van der Waals surface area (Å²) in [4.78, 5) is 0.169. The molecule has 0 atom stereocenters. The molecule has 0 amide bonds. The molecule has 0 saturated carbocycles. The number of thioether (sulfide) groups is 1. The van der Waals surface area contributed by atoms with E-state index in [1.54, 1.807) is 0 Å². The van der Waals surface area contributed by atoms with Gasteiger partial charge in [0.15, 0.2) is 5.69 Å². The molecule has 1 aromatic heterocycles. The first-order chi connectivity index (χ1) is 11.0. The summed E-state index contributed by atoms with van der Waals surface area (Å²) in [6, 6.07) is 5.02. The Bertz CT molecular complexity index is 783. The first-order valence-corrected chi connectivity index (χ1v) is 7.41. The number of rotatable bonds is 3. The first kappa shape index (κ1) is 18.3. The zero-order chi connectivity index (χ0) is 18.1.